The third-order valence-corrected chi connectivity index (χ3v) is 2.45. The van der Waals surface area contributed by atoms with Gasteiger partial charge in [-0.25, -0.2) is 0 Å². The Labute approximate surface area is 99.8 Å². The minimum Gasteiger partial charge on any atom is -0.305 e. The minimum absolute atomic E-state index is 0.963. The van der Waals surface area contributed by atoms with Crippen molar-refractivity contribution < 1.29 is 0 Å². The van der Waals surface area contributed by atoms with Crippen molar-refractivity contribution in [1.82, 2.24) is 10.2 Å². The Morgan fingerprint density at radius 2 is 2.00 bits per heavy atom. The van der Waals surface area contributed by atoms with Gasteiger partial charge in [0.25, 0.3) is 0 Å². The molecule has 1 N–H and O–H groups in total. The molecule has 1 aromatic rings. The maximum absolute atomic E-state index is 3.32. The molecule has 1 aromatic carbocycles. The van der Waals surface area contributed by atoms with Gasteiger partial charge in [-0.05, 0) is 25.2 Å². The fourth-order valence-corrected chi connectivity index (χ4v) is 1.66. The third kappa shape index (κ3) is 4.39. The summed E-state index contributed by atoms with van der Waals surface area (Å²) in [6.07, 6.45) is 0. The van der Waals surface area contributed by atoms with E-state index in [-0.39, 0.29) is 0 Å². The number of halogens is 1. The SMILES string of the molecule is CN(C)Cc1cccc(CNCI)c1. The van der Waals surface area contributed by atoms with Crippen molar-refractivity contribution in [1.29, 1.82) is 0 Å². The van der Waals surface area contributed by atoms with Gasteiger partial charge in [-0.15, -0.1) is 0 Å². The molecule has 0 aliphatic rings. The van der Waals surface area contributed by atoms with E-state index in [1.807, 2.05) is 0 Å². The van der Waals surface area contributed by atoms with Gasteiger partial charge in [-0.1, -0.05) is 46.9 Å². The molecular formula is C11H17IN2. The van der Waals surface area contributed by atoms with Crippen LogP contribution in [-0.2, 0) is 13.1 Å². The minimum atomic E-state index is 0.963. The van der Waals surface area contributed by atoms with Gasteiger partial charge in [0.2, 0.25) is 0 Å². The number of alkyl halides is 1. The lowest BCUT2D eigenvalue weighted by atomic mass is 10.1. The highest BCUT2D eigenvalue weighted by molar-refractivity contribution is 14.1. The summed E-state index contributed by atoms with van der Waals surface area (Å²) in [5, 5.41) is 3.32. The van der Waals surface area contributed by atoms with E-state index in [0.717, 1.165) is 17.6 Å². The van der Waals surface area contributed by atoms with E-state index >= 15 is 0 Å². The van der Waals surface area contributed by atoms with Crippen LogP contribution < -0.4 is 5.32 Å². The molecule has 0 radical (unpaired) electrons. The first-order valence-electron chi connectivity index (χ1n) is 4.71. The molecule has 0 aliphatic carbocycles. The van der Waals surface area contributed by atoms with E-state index < -0.39 is 0 Å². The number of nitrogens with one attached hydrogen (secondary N) is 1. The molecule has 78 valence electrons. The predicted octanol–water partition coefficient (Wildman–Crippen LogP) is 2.23. The van der Waals surface area contributed by atoms with E-state index in [4.69, 9.17) is 0 Å². The number of hydrogen-bond donors (Lipinski definition) is 1. The van der Waals surface area contributed by atoms with Crippen LogP contribution in [0.15, 0.2) is 24.3 Å². The first-order valence-corrected chi connectivity index (χ1v) is 6.24. The Bertz CT molecular complexity index is 274. The molecule has 1 rings (SSSR count). The van der Waals surface area contributed by atoms with Crippen LogP contribution in [0.2, 0.25) is 0 Å². The van der Waals surface area contributed by atoms with Crippen LogP contribution in [-0.4, -0.2) is 23.5 Å². The zero-order chi connectivity index (χ0) is 10.4. The predicted molar refractivity (Wildman–Crippen MR) is 69.6 cm³/mol. The molecule has 0 fully saturated rings. The van der Waals surface area contributed by atoms with Gasteiger partial charge in [-0.3, -0.25) is 0 Å². The lowest BCUT2D eigenvalue weighted by Crippen LogP contribution is -2.12. The molecule has 0 atom stereocenters. The topological polar surface area (TPSA) is 15.3 Å². The first kappa shape index (κ1) is 11.9. The van der Waals surface area contributed by atoms with Gasteiger partial charge >= 0.3 is 0 Å². The lowest BCUT2D eigenvalue weighted by molar-refractivity contribution is 0.402. The molecule has 0 unspecified atom stereocenters. The van der Waals surface area contributed by atoms with Gasteiger partial charge in [-0.2, -0.15) is 0 Å². The monoisotopic (exact) mass is 304 g/mol. The van der Waals surface area contributed by atoms with Crippen molar-refractivity contribution in [2.75, 3.05) is 18.6 Å². The molecule has 0 amide bonds. The molecule has 0 bridgehead atoms. The first-order chi connectivity index (χ1) is 6.72. The number of benzene rings is 1. The van der Waals surface area contributed by atoms with Crippen molar-refractivity contribution in [2.45, 2.75) is 13.1 Å². The molecule has 3 heteroatoms. The average Bonchev–Trinajstić information content (AvgIpc) is 2.14. The summed E-state index contributed by atoms with van der Waals surface area (Å²) in [4.78, 5) is 2.19. The van der Waals surface area contributed by atoms with Crippen LogP contribution in [0.1, 0.15) is 11.1 Å². The molecule has 2 nitrogen and oxygen atoms in total. The number of rotatable bonds is 5. The molecule has 0 saturated carbocycles. The van der Waals surface area contributed by atoms with Gasteiger partial charge < -0.3 is 10.2 Å². The standard InChI is InChI=1S/C11H17IN2/c1-14(2)8-11-5-3-4-10(6-11)7-13-9-12/h3-6,13H,7-9H2,1-2H3. The summed E-state index contributed by atoms with van der Waals surface area (Å²) < 4.78 is 0.996. The van der Waals surface area contributed by atoms with Gasteiger partial charge in [0.05, 0.1) is 0 Å². The maximum Gasteiger partial charge on any atom is 0.0482 e. The largest absolute Gasteiger partial charge is 0.305 e. The van der Waals surface area contributed by atoms with Gasteiger partial charge in [0.1, 0.15) is 0 Å². The second kappa shape index (κ2) is 6.37. The quantitative estimate of drug-likeness (QED) is 0.510. The molecule has 14 heavy (non-hydrogen) atoms. The summed E-state index contributed by atoms with van der Waals surface area (Å²) in [5.74, 6) is 0. The van der Waals surface area contributed by atoms with E-state index in [9.17, 15) is 0 Å². The van der Waals surface area contributed by atoms with E-state index in [1.165, 1.54) is 11.1 Å². The fourth-order valence-electron chi connectivity index (χ4n) is 1.39. The highest BCUT2D eigenvalue weighted by atomic mass is 127. The summed E-state index contributed by atoms with van der Waals surface area (Å²) in [6, 6.07) is 8.73. The van der Waals surface area contributed by atoms with E-state index in [2.05, 4.69) is 71.2 Å². The van der Waals surface area contributed by atoms with Crippen LogP contribution in [0.25, 0.3) is 0 Å². The molecule has 0 aromatic heterocycles. The van der Waals surface area contributed by atoms with Crippen LogP contribution in [0.3, 0.4) is 0 Å². The normalized spacial score (nSPS) is 10.9. The molecule has 0 saturated heterocycles. The van der Waals surface area contributed by atoms with Crippen molar-refractivity contribution in [3.05, 3.63) is 35.4 Å². The number of nitrogens with zero attached hydrogens (tertiary/aromatic N) is 1. The summed E-state index contributed by atoms with van der Waals surface area (Å²) >= 11 is 2.32. The summed E-state index contributed by atoms with van der Waals surface area (Å²) in [5.41, 5.74) is 2.74. The van der Waals surface area contributed by atoms with Crippen LogP contribution in [0.5, 0.6) is 0 Å². The van der Waals surface area contributed by atoms with Crippen molar-refractivity contribution in [3.63, 3.8) is 0 Å². The zero-order valence-corrected chi connectivity index (χ0v) is 10.9. The highest BCUT2D eigenvalue weighted by Crippen LogP contribution is 2.06. The molecule has 0 spiro atoms. The Morgan fingerprint density at radius 1 is 1.29 bits per heavy atom. The van der Waals surface area contributed by atoms with Crippen molar-refractivity contribution in [3.8, 4) is 0 Å². The van der Waals surface area contributed by atoms with Crippen LogP contribution in [0, 0.1) is 0 Å². The van der Waals surface area contributed by atoms with Gasteiger partial charge in [0, 0.05) is 17.6 Å². The number of hydrogen-bond acceptors (Lipinski definition) is 2. The third-order valence-electron chi connectivity index (χ3n) is 1.91. The van der Waals surface area contributed by atoms with Crippen molar-refractivity contribution >= 4 is 22.6 Å². The second-order valence-corrected chi connectivity index (χ2v) is 4.38. The highest BCUT2D eigenvalue weighted by Gasteiger charge is 1.96. The van der Waals surface area contributed by atoms with Crippen LogP contribution >= 0.6 is 22.6 Å². The Balaban J connectivity index is 2.59. The lowest BCUT2D eigenvalue weighted by Gasteiger charge is -2.10. The fraction of sp³-hybridized carbons (Fsp3) is 0.455. The summed E-state index contributed by atoms with van der Waals surface area (Å²) in [6.45, 7) is 1.97. The molecule has 0 aliphatic heterocycles. The van der Waals surface area contributed by atoms with E-state index in [1.54, 1.807) is 0 Å². The van der Waals surface area contributed by atoms with Crippen LogP contribution in [0.4, 0.5) is 0 Å². The zero-order valence-electron chi connectivity index (χ0n) is 8.76. The van der Waals surface area contributed by atoms with Gasteiger partial charge in [0.15, 0.2) is 0 Å². The molecule has 0 heterocycles. The Kier molecular flexibility index (Phi) is 5.44. The smallest absolute Gasteiger partial charge is 0.0482 e. The Morgan fingerprint density at radius 3 is 2.64 bits per heavy atom. The summed E-state index contributed by atoms with van der Waals surface area (Å²) in [7, 11) is 4.19. The molecular weight excluding hydrogens is 287 g/mol. The van der Waals surface area contributed by atoms with E-state index in [0.29, 0.717) is 0 Å². The Hall–Kier alpha value is -0.130. The van der Waals surface area contributed by atoms with Crippen molar-refractivity contribution in [2.24, 2.45) is 0 Å². The average molecular weight is 304 g/mol. The second-order valence-electron chi connectivity index (χ2n) is 3.62. The maximum atomic E-state index is 3.32.